The van der Waals surface area contributed by atoms with E-state index in [0.717, 1.165) is 30.7 Å². The minimum atomic E-state index is 0.205. The first-order valence-electron chi connectivity index (χ1n) is 7.60. The molecule has 0 aromatic rings. The van der Waals surface area contributed by atoms with Crippen molar-refractivity contribution in [3.8, 4) is 0 Å². The minimum absolute atomic E-state index is 0.205. The lowest BCUT2D eigenvalue weighted by molar-refractivity contribution is -0.115. The van der Waals surface area contributed by atoms with E-state index >= 15 is 0 Å². The Morgan fingerprint density at radius 1 is 1.42 bits per heavy atom. The van der Waals surface area contributed by atoms with E-state index in [2.05, 4.69) is 25.7 Å². The van der Waals surface area contributed by atoms with Gasteiger partial charge in [-0.1, -0.05) is 13.8 Å². The molecule has 1 saturated heterocycles. The molecule has 1 aliphatic heterocycles. The van der Waals surface area contributed by atoms with Crippen molar-refractivity contribution in [1.82, 2.24) is 4.90 Å². The van der Waals surface area contributed by atoms with Crippen LogP contribution in [-0.2, 0) is 4.79 Å². The molecular weight excluding hydrogens is 238 g/mol. The highest BCUT2D eigenvalue weighted by molar-refractivity contribution is 6.01. The normalized spacial score (nSPS) is 39.3. The van der Waals surface area contributed by atoms with E-state index in [-0.39, 0.29) is 12.6 Å². The fourth-order valence-electron chi connectivity index (χ4n) is 4.39. The number of Topliss-reactive ketones (excluding diaryl/α,β-unsaturated/α-hetero) is 1. The molecule has 0 unspecified atom stereocenters. The third-order valence-electron chi connectivity index (χ3n) is 5.73. The van der Waals surface area contributed by atoms with Crippen molar-refractivity contribution < 1.29 is 9.90 Å². The zero-order valence-electron chi connectivity index (χ0n) is 12.3. The second-order valence-corrected chi connectivity index (χ2v) is 7.06. The zero-order valence-corrected chi connectivity index (χ0v) is 12.3. The summed E-state index contributed by atoms with van der Waals surface area (Å²) >= 11 is 0. The van der Waals surface area contributed by atoms with Crippen molar-refractivity contribution in [2.45, 2.75) is 52.5 Å². The maximum Gasteiger partial charge on any atom is 0.161 e. The van der Waals surface area contributed by atoms with Gasteiger partial charge in [-0.25, -0.2) is 0 Å². The van der Waals surface area contributed by atoms with E-state index < -0.39 is 0 Å². The van der Waals surface area contributed by atoms with Gasteiger partial charge in [0, 0.05) is 24.2 Å². The monoisotopic (exact) mass is 263 g/mol. The average molecular weight is 263 g/mol. The largest absolute Gasteiger partial charge is 0.394 e. The summed E-state index contributed by atoms with van der Waals surface area (Å²) in [4.78, 5) is 14.5. The van der Waals surface area contributed by atoms with Crippen LogP contribution in [0.5, 0.6) is 0 Å². The van der Waals surface area contributed by atoms with E-state index in [0.29, 0.717) is 23.0 Å². The Hall–Kier alpha value is -0.830. The molecule has 2 saturated carbocycles. The van der Waals surface area contributed by atoms with Crippen LogP contribution in [0.15, 0.2) is 11.3 Å². The van der Waals surface area contributed by atoms with Gasteiger partial charge in [-0.3, -0.25) is 4.79 Å². The Kier molecular flexibility index (Phi) is 3.01. The summed E-state index contributed by atoms with van der Waals surface area (Å²) in [6.07, 6.45) is 4.15. The lowest BCUT2D eigenvalue weighted by atomic mass is 9.93. The van der Waals surface area contributed by atoms with Crippen molar-refractivity contribution in [3.05, 3.63) is 11.3 Å². The number of aliphatic hydroxyl groups excluding tert-OH is 1. The number of carbonyl (C=O) groups is 1. The van der Waals surface area contributed by atoms with Gasteiger partial charge in [-0.15, -0.1) is 0 Å². The topological polar surface area (TPSA) is 40.5 Å². The van der Waals surface area contributed by atoms with Crippen molar-refractivity contribution in [2.75, 3.05) is 13.2 Å². The van der Waals surface area contributed by atoms with E-state index in [1.165, 1.54) is 12.8 Å². The molecule has 3 aliphatic rings. The lowest BCUT2D eigenvalue weighted by Crippen LogP contribution is -2.41. The Morgan fingerprint density at radius 2 is 2.16 bits per heavy atom. The summed E-state index contributed by atoms with van der Waals surface area (Å²) in [6, 6.07) is 0.218. The Bertz CT molecular complexity index is 438. The number of hydrogen-bond acceptors (Lipinski definition) is 3. The van der Waals surface area contributed by atoms with Gasteiger partial charge in [0.05, 0.1) is 12.6 Å². The molecule has 3 heteroatoms. The van der Waals surface area contributed by atoms with Crippen LogP contribution in [0.3, 0.4) is 0 Å². The highest BCUT2D eigenvalue weighted by Gasteiger charge is 2.65. The van der Waals surface area contributed by atoms with Gasteiger partial charge >= 0.3 is 0 Å². The first kappa shape index (κ1) is 13.2. The van der Waals surface area contributed by atoms with Crippen molar-refractivity contribution >= 4 is 5.78 Å². The number of rotatable bonds is 2. The van der Waals surface area contributed by atoms with Crippen LogP contribution >= 0.6 is 0 Å². The fraction of sp³-hybridized carbons (Fsp3) is 0.812. The third-order valence-corrected chi connectivity index (χ3v) is 5.73. The van der Waals surface area contributed by atoms with Crippen LogP contribution in [0.25, 0.3) is 0 Å². The molecule has 3 atom stereocenters. The number of carbonyl (C=O) groups excluding carboxylic acids is 1. The molecule has 0 aromatic heterocycles. The first-order valence-corrected chi connectivity index (χ1v) is 7.60. The first-order chi connectivity index (χ1) is 8.98. The summed E-state index contributed by atoms with van der Waals surface area (Å²) in [5.74, 6) is 1.40. The molecule has 0 amide bonds. The van der Waals surface area contributed by atoms with Crippen molar-refractivity contribution in [2.24, 2.45) is 17.3 Å². The summed E-state index contributed by atoms with van der Waals surface area (Å²) in [7, 11) is 0. The van der Waals surface area contributed by atoms with Crippen molar-refractivity contribution in [3.63, 3.8) is 0 Å². The molecule has 0 radical (unpaired) electrons. The van der Waals surface area contributed by atoms with E-state index in [9.17, 15) is 9.90 Å². The number of likely N-dealkylation sites (tertiary alicyclic amines) is 1. The number of ketones is 1. The van der Waals surface area contributed by atoms with Crippen molar-refractivity contribution in [1.29, 1.82) is 0 Å². The number of piperidine rings is 1. The molecule has 0 aromatic carbocycles. The van der Waals surface area contributed by atoms with Gasteiger partial charge in [0.15, 0.2) is 5.78 Å². The molecule has 2 aliphatic carbocycles. The molecule has 106 valence electrons. The highest BCUT2D eigenvalue weighted by atomic mass is 16.3. The van der Waals surface area contributed by atoms with Gasteiger partial charge in [0.2, 0.25) is 0 Å². The predicted octanol–water partition coefficient (Wildman–Crippen LogP) is 2.35. The second kappa shape index (κ2) is 4.34. The fourth-order valence-corrected chi connectivity index (χ4v) is 4.39. The van der Waals surface area contributed by atoms with Gasteiger partial charge < -0.3 is 10.0 Å². The quantitative estimate of drug-likeness (QED) is 0.778. The molecule has 1 N–H and O–H groups in total. The molecule has 1 heterocycles. The van der Waals surface area contributed by atoms with Crippen LogP contribution in [-0.4, -0.2) is 35.0 Å². The van der Waals surface area contributed by atoms with Gasteiger partial charge in [0.1, 0.15) is 0 Å². The summed E-state index contributed by atoms with van der Waals surface area (Å²) in [5, 5.41) is 9.55. The zero-order chi connectivity index (χ0) is 13.8. The van der Waals surface area contributed by atoms with Gasteiger partial charge in [-0.05, 0) is 43.4 Å². The van der Waals surface area contributed by atoms with Gasteiger partial charge in [0.25, 0.3) is 0 Å². The molecular formula is C16H25NO2. The minimum Gasteiger partial charge on any atom is -0.394 e. The number of hydrogen-bond donors (Lipinski definition) is 1. The molecule has 19 heavy (non-hydrogen) atoms. The van der Waals surface area contributed by atoms with Crippen LogP contribution < -0.4 is 0 Å². The summed E-state index contributed by atoms with van der Waals surface area (Å²) in [6.45, 7) is 7.85. The third kappa shape index (κ3) is 1.85. The Balaban J connectivity index is 1.90. The van der Waals surface area contributed by atoms with Crippen LogP contribution in [0.1, 0.15) is 46.5 Å². The molecule has 0 spiro atoms. The predicted molar refractivity (Wildman–Crippen MR) is 74.5 cm³/mol. The molecule has 0 bridgehead atoms. The number of allylic oxidation sites excluding steroid dienone is 2. The maximum absolute atomic E-state index is 12.2. The lowest BCUT2D eigenvalue weighted by Gasteiger charge is -2.38. The summed E-state index contributed by atoms with van der Waals surface area (Å²) in [5.41, 5.74) is 2.55. The number of aliphatic hydroxyl groups is 1. The van der Waals surface area contributed by atoms with E-state index in [1.54, 1.807) is 0 Å². The van der Waals surface area contributed by atoms with Crippen LogP contribution in [0.2, 0.25) is 0 Å². The molecule has 3 fully saturated rings. The van der Waals surface area contributed by atoms with Crippen LogP contribution in [0, 0.1) is 17.3 Å². The highest BCUT2D eigenvalue weighted by Crippen LogP contribution is 2.68. The Morgan fingerprint density at radius 3 is 2.79 bits per heavy atom. The Labute approximate surface area is 115 Å². The van der Waals surface area contributed by atoms with E-state index in [1.807, 2.05) is 0 Å². The maximum atomic E-state index is 12.2. The van der Waals surface area contributed by atoms with Crippen LogP contribution in [0.4, 0.5) is 0 Å². The number of nitrogens with zero attached hydrogens (tertiary/aromatic N) is 1. The second-order valence-electron chi connectivity index (χ2n) is 7.06. The molecule has 3 rings (SSSR count). The molecule has 3 nitrogen and oxygen atoms in total. The standard InChI is InChI=1S/C16H25NO2/c1-10(17-7-5-4-6-11(17)9-18)14-13(19)8-12-15(14)16(12,2)3/h11-12,15,18H,4-9H2,1-3H3/b14-10-/t11-,12+,15+/m1/s1. The van der Waals surface area contributed by atoms with Gasteiger partial charge in [-0.2, -0.15) is 0 Å². The summed E-state index contributed by atoms with van der Waals surface area (Å²) < 4.78 is 0. The average Bonchev–Trinajstić information content (AvgIpc) is 2.74. The van der Waals surface area contributed by atoms with E-state index in [4.69, 9.17) is 0 Å². The SMILES string of the molecule is C/C(=C1\C(=O)C[C@H]2[C@@H]1C2(C)C)N1CCCC[C@@H]1CO. The smallest absolute Gasteiger partial charge is 0.161 e. The number of fused-ring (bicyclic) bond motifs is 1.